The largest absolute Gasteiger partial charge is 0.497 e. The molecule has 10 nitrogen and oxygen atoms in total. The smallest absolute Gasteiger partial charge is 0.264 e. The highest BCUT2D eigenvalue weighted by Gasteiger charge is 2.66. The van der Waals surface area contributed by atoms with Crippen LogP contribution >= 0.6 is 0 Å². The quantitative estimate of drug-likeness (QED) is 0.130. The summed E-state index contributed by atoms with van der Waals surface area (Å²) in [6, 6.07) is 26.0. The number of rotatable bonds is 11. The number of amides is 2. The Kier molecular flexibility index (Phi) is 8.39. The Balaban J connectivity index is 1.25. The highest BCUT2D eigenvalue weighted by atomic mass is 28.3. The fourth-order valence-electron chi connectivity index (χ4n) is 9.13. The van der Waals surface area contributed by atoms with E-state index in [-0.39, 0.29) is 36.0 Å². The number of hydrogen-bond donors (Lipinski definition) is 1. The van der Waals surface area contributed by atoms with Crippen LogP contribution in [0.1, 0.15) is 35.0 Å². The summed E-state index contributed by atoms with van der Waals surface area (Å²) in [5.74, 6) is 0.381. The first-order chi connectivity index (χ1) is 25.1. The van der Waals surface area contributed by atoms with Crippen LogP contribution in [0.2, 0.25) is 18.6 Å². The molecule has 1 saturated heterocycles. The van der Waals surface area contributed by atoms with Crippen LogP contribution < -0.4 is 19.7 Å². The van der Waals surface area contributed by atoms with E-state index in [9.17, 15) is 9.90 Å². The van der Waals surface area contributed by atoms with E-state index in [1.165, 1.54) is 5.19 Å². The maximum Gasteiger partial charge on any atom is 0.264 e. The molecular weight excluding hydrogens is 671 g/mol. The average Bonchev–Trinajstić information content (AvgIpc) is 3.87. The van der Waals surface area contributed by atoms with Crippen LogP contribution in [0.5, 0.6) is 5.75 Å². The van der Waals surface area contributed by atoms with Gasteiger partial charge in [0.05, 0.1) is 43.9 Å². The molecule has 4 heterocycles. The van der Waals surface area contributed by atoms with Crippen molar-refractivity contribution in [1.29, 1.82) is 0 Å². The maximum absolute atomic E-state index is 15.0. The molecule has 52 heavy (non-hydrogen) atoms. The number of fused-ring (bicyclic) bond motifs is 2. The fraction of sp³-hybridized carbons (Fsp3) is 0.317. The first kappa shape index (κ1) is 34.0. The summed E-state index contributed by atoms with van der Waals surface area (Å²) < 4.78 is 14.6. The third-order valence-electron chi connectivity index (χ3n) is 11.5. The Morgan fingerprint density at radius 2 is 1.81 bits per heavy atom. The van der Waals surface area contributed by atoms with Crippen molar-refractivity contribution in [1.82, 2.24) is 15.0 Å². The van der Waals surface area contributed by atoms with Gasteiger partial charge >= 0.3 is 0 Å². The van der Waals surface area contributed by atoms with Gasteiger partial charge in [0.2, 0.25) is 0 Å². The Bertz CT molecular complexity index is 2210. The van der Waals surface area contributed by atoms with Gasteiger partial charge in [0.1, 0.15) is 5.75 Å². The summed E-state index contributed by atoms with van der Waals surface area (Å²) >= 11 is 0. The van der Waals surface area contributed by atoms with Crippen molar-refractivity contribution in [2.75, 3.05) is 30.1 Å². The van der Waals surface area contributed by atoms with Crippen molar-refractivity contribution in [3.05, 3.63) is 115 Å². The molecule has 2 amide bonds. The van der Waals surface area contributed by atoms with E-state index < -0.39 is 13.7 Å². The number of ether oxygens (including phenoxy) is 2. The molecule has 8 rings (SSSR count). The molecule has 4 aromatic carbocycles. The zero-order valence-electron chi connectivity index (χ0n) is 30.0. The molecule has 1 spiro atoms. The zero-order valence-corrected chi connectivity index (χ0v) is 31.0. The van der Waals surface area contributed by atoms with Crippen LogP contribution in [-0.2, 0) is 28.1 Å². The van der Waals surface area contributed by atoms with Crippen LogP contribution in [0.15, 0.2) is 97.7 Å². The van der Waals surface area contributed by atoms with Crippen LogP contribution in [-0.4, -0.2) is 66.4 Å². The summed E-state index contributed by atoms with van der Waals surface area (Å²) in [6.45, 7) is 11.7. The van der Waals surface area contributed by atoms with Gasteiger partial charge in [-0.3, -0.25) is 19.2 Å². The number of anilines is 3. The number of nitrogens with zero attached hydrogens (tertiary/aromatic N) is 5. The highest BCUT2D eigenvalue weighted by Crippen LogP contribution is 2.60. The zero-order chi connectivity index (χ0) is 36.4. The van der Waals surface area contributed by atoms with Gasteiger partial charge in [-0.2, -0.15) is 0 Å². The van der Waals surface area contributed by atoms with Crippen molar-refractivity contribution in [2.24, 2.45) is 5.92 Å². The summed E-state index contributed by atoms with van der Waals surface area (Å²) in [4.78, 5) is 32.6. The molecule has 11 heteroatoms. The first-order valence-electron chi connectivity index (χ1n) is 17.9. The molecule has 5 aromatic rings. The normalized spacial score (nSPS) is 22.2. The van der Waals surface area contributed by atoms with Crippen LogP contribution in [0.4, 0.5) is 17.1 Å². The van der Waals surface area contributed by atoms with Gasteiger partial charge < -0.3 is 19.5 Å². The van der Waals surface area contributed by atoms with E-state index in [0.29, 0.717) is 37.2 Å². The van der Waals surface area contributed by atoms with Gasteiger partial charge in [-0.25, -0.2) is 0 Å². The second kappa shape index (κ2) is 12.8. The maximum atomic E-state index is 15.0. The molecule has 3 aliphatic heterocycles. The van der Waals surface area contributed by atoms with E-state index in [1.807, 2.05) is 72.9 Å². The Hall–Kier alpha value is -5.10. The van der Waals surface area contributed by atoms with Crippen LogP contribution in [0.3, 0.4) is 0 Å². The Labute approximate surface area is 304 Å². The highest BCUT2D eigenvalue weighted by molar-refractivity contribution is 6.91. The molecule has 0 bridgehead atoms. The lowest BCUT2D eigenvalue weighted by atomic mass is 9.82. The third-order valence-corrected chi connectivity index (χ3v) is 15.9. The minimum atomic E-state index is -2.38. The lowest BCUT2D eigenvalue weighted by molar-refractivity contribution is -0.145. The number of aromatic nitrogens is 3. The summed E-state index contributed by atoms with van der Waals surface area (Å²) in [5, 5.41) is 21.2. The van der Waals surface area contributed by atoms with Gasteiger partial charge in [-0.05, 0) is 59.8 Å². The molecular formula is C41H43N5O5Si. The predicted octanol–water partition coefficient (Wildman–Crippen LogP) is 6.11. The van der Waals surface area contributed by atoms with Gasteiger partial charge in [0.15, 0.2) is 5.60 Å². The predicted molar refractivity (Wildman–Crippen MR) is 204 cm³/mol. The van der Waals surface area contributed by atoms with Crippen molar-refractivity contribution in [3.63, 3.8) is 0 Å². The number of aliphatic hydroxyl groups excluding tert-OH is 1. The van der Waals surface area contributed by atoms with Gasteiger partial charge in [0.25, 0.3) is 11.8 Å². The minimum absolute atomic E-state index is 0.00314. The van der Waals surface area contributed by atoms with Crippen molar-refractivity contribution >= 4 is 52.9 Å². The fourth-order valence-corrected chi connectivity index (χ4v) is 13.2. The molecule has 1 N–H and O–H groups in total. The molecule has 3 aliphatic rings. The van der Waals surface area contributed by atoms with Crippen LogP contribution in [0, 0.1) is 5.92 Å². The van der Waals surface area contributed by atoms with Gasteiger partial charge in [0, 0.05) is 54.9 Å². The van der Waals surface area contributed by atoms with Gasteiger partial charge in [-0.1, -0.05) is 72.9 Å². The number of aliphatic hydroxyl groups is 1. The molecule has 0 radical (unpaired) electrons. The number of carbonyl (C=O) groups is 2. The van der Waals surface area contributed by atoms with E-state index in [0.717, 1.165) is 39.2 Å². The van der Waals surface area contributed by atoms with Gasteiger partial charge in [-0.15, -0.1) is 11.7 Å². The molecule has 4 atom stereocenters. The molecule has 1 fully saturated rings. The van der Waals surface area contributed by atoms with E-state index in [4.69, 9.17) is 9.47 Å². The van der Waals surface area contributed by atoms with Crippen molar-refractivity contribution in [3.8, 4) is 5.75 Å². The molecule has 0 aliphatic carbocycles. The Morgan fingerprint density at radius 1 is 1.04 bits per heavy atom. The molecule has 1 aromatic heterocycles. The first-order valence-corrected chi connectivity index (χ1v) is 21.0. The molecule has 266 valence electrons. The molecule has 0 saturated carbocycles. The third kappa shape index (κ3) is 5.05. The lowest BCUT2D eigenvalue weighted by Crippen LogP contribution is -2.52. The van der Waals surface area contributed by atoms with Crippen molar-refractivity contribution in [2.45, 2.75) is 56.7 Å². The summed E-state index contributed by atoms with van der Waals surface area (Å²) in [6.07, 6.45) is 4.36. The SMILES string of the molecule is C=CCN1C(=O)[C@@]2(O[C@@H](CCn3cc(CCO)nn3)[C@H]([Si](C)(C)c3ccc(OC)cc3)[C@H]2C)c2cc(N3C(=O)c4cccc5cccc3c45)ccc21. The lowest BCUT2D eigenvalue weighted by Gasteiger charge is -2.37. The van der Waals surface area contributed by atoms with Crippen molar-refractivity contribution < 1.29 is 24.2 Å². The van der Waals surface area contributed by atoms with E-state index in [1.54, 1.807) is 27.7 Å². The summed E-state index contributed by atoms with van der Waals surface area (Å²) in [7, 11) is -0.710. The van der Waals surface area contributed by atoms with E-state index >= 15 is 4.79 Å². The average molecular weight is 714 g/mol. The summed E-state index contributed by atoms with van der Waals surface area (Å²) in [5.41, 5.74) is 3.21. The number of carbonyl (C=O) groups excluding carboxylic acids is 2. The monoisotopic (exact) mass is 713 g/mol. The standard InChI is InChI=1S/C41H43N5O5Si/c1-6-21-45-34-18-13-29(46-35-12-8-10-27-9-7-11-32(37(27)35)39(46)48)24-33(34)41(40(45)49)26(2)38(52(4,5)31-16-14-30(50-3)15-17-31)36(51-41)19-22-44-25-28(20-23-47)42-43-44/h6-18,24-26,36,38,47H,1,19-23H2,2-5H3/t26-,36+,38-,41+/m1/s1. The Morgan fingerprint density at radius 3 is 2.54 bits per heavy atom. The number of benzene rings is 4. The number of methoxy groups -OCH3 is 1. The van der Waals surface area contributed by atoms with Crippen LogP contribution in [0.25, 0.3) is 10.8 Å². The second-order valence-electron chi connectivity index (χ2n) is 14.6. The number of aryl methyl sites for hydroxylation is 1. The topological polar surface area (TPSA) is 110 Å². The minimum Gasteiger partial charge on any atom is -0.497 e. The van der Waals surface area contributed by atoms with E-state index in [2.05, 4.69) is 49.0 Å². The molecule has 0 unspecified atom stereocenters. The number of hydrogen-bond acceptors (Lipinski definition) is 7. The second-order valence-corrected chi connectivity index (χ2v) is 19.3.